The van der Waals surface area contributed by atoms with Crippen LogP contribution in [0.3, 0.4) is 0 Å². The smallest absolute Gasteiger partial charge is 0.253 e. The van der Waals surface area contributed by atoms with Crippen molar-refractivity contribution in [1.82, 2.24) is 0 Å². The first-order valence-electron chi connectivity index (χ1n) is 8.68. The van der Waals surface area contributed by atoms with Crippen molar-refractivity contribution >= 4 is 35.6 Å². The van der Waals surface area contributed by atoms with E-state index in [1.807, 2.05) is 31.2 Å². The number of benzene rings is 2. The average Bonchev–Trinajstić information content (AvgIpc) is 3.18. The molecule has 27 heavy (non-hydrogen) atoms. The lowest BCUT2D eigenvalue weighted by Gasteiger charge is -2.14. The molecule has 0 radical (unpaired) electrons. The monoisotopic (exact) mass is 389 g/mol. The third-order valence-corrected chi connectivity index (χ3v) is 4.36. The summed E-state index contributed by atoms with van der Waals surface area (Å²) in [6.07, 6.45) is 1.28. The highest BCUT2D eigenvalue weighted by Crippen LogP contribution is 2.19. The molecule has 1 saturated heterocycles. The van der Waals surface area contributed by atoms with Gasteiger partial charge in [0.2, 0.25) is 5.91 Å². The predicted octanol–water partition coefficient (Wildman–Crippen LogP) is 3.17. The van der Waals surface area contributed by atoms with Gasteiger partial charge in [0.15, 0.2) is 0 Å². The molecule has 6 nitrogen and oxygen atoms in total. The van der Waals surface area contributed by atoms with Crippen LogP contribution in [0.2, 0.25) is 0 Å². The zero-order valence-corrected chi connectivity index (χ0v) is 15.9. The third kappa shape index (κ3) is 5.53. The van der Waals surface area contributed by atoms with Crippen LogP contribution in [0.15, 0.2) is 48.5 Å². The van der Waals surface area contributed by atoms with E-state index in [1.54, 1.807) is 24.3 Å². The zero-order chi connectivity index (χ0) is 18.5. The lowest BCUT2D eigenvalue weighted by Crippen LogP contribution is -2.28. The number of amides is 2. The molecule has 2 unspecified atom stereocenters. The topological polar surface area (TPSA) is 93.5 Å². The summed E-state index contributed by atoms with van der Waals surface area (Å²) >= 11 is 0. The number of halogens is 1. The number of aryl methyl sites for hydroxylation is 1. The number of carbonyl (C=O) groups excluding carboxylic acids is 2. The van der Waals surface area contributed by atoms with E-state index in [0.717, 1.165) is 24.0 Å². The summed E-state index contributed by atoms with van der Waals surface area (Å²) in [4.78, 5) is 24.3. The fourth-order valence-electron chi connectivity index (χ4n) is 2.79. The maximum Gasteiger partial charge on any atom is 0.253 e. The Morgan fingerprint density at radius 1 is 1.04 bits per heavy atom. The second kappa shape index (κ2) is 9.50. The Morgan fingerprint density at radius 3 is 2.19 bits per heavy atom. The van der Waals surface area contributed by atoms with Crippen LogP contribution in [-0.4, -0.2) is 24.5 Å². The molecule has 0 saturated carbocycles. The van der Waals surface area contributed by atoms with Crippen molar-refractivity contribution in [3.8, 4) is 0 Å². The van der Waals surface area contributed by atoms with Crippen molar-refractivity contribution in [3.63, 3.8) is 0 Å². The van der Waals surface area contributed by atoms with Gasteiger partial charge in [-0.25, -0.2) is 0 Å². The molecule has 2 aromatic carbocycles. The van der Waals surface area contributed by atoms with Gasteiger partial charge in [0.05, 0.1) is 0 Å². The zero-order valence-electron chi connectivity index (χ0n) is 15.1. The van der Waals surface area contributed by atoms with Crippen molar-refractivity contribution in [3.05, 3.63) is 59.7 Å². The predicted molar refractivity (Wildman–Crippen MR) is 108 cm³/mol. The van der Waals surface area contributed by atoms with E-state index >= 15 is 0 Å². The van der Waals surface area contributed by atoms with Gasteiger partial charge >= 0.3 is 0 Å². The van der Waals surface area contributed by atoms with E-state index in [-0.39, 0.29) is 30.3 Å². The highest BCUT2D eigenvalue weighted by Gasteiger charge is 2.23. The van der Waals surface area contributed by atoms with Gasteiger partial charge in [-0.3, -0.25) is 9.59 Å². The van der Waals surface area contributed by atoms with Crippen molar-refractivity contribution in [2.75, 3.05) is 17.2 Å². The second-order valence-electron chi connectivity index (χ2n) is 6.45. The van der Waals surface area contributed by atoms with Gasteiger partial charge in [0, 0.05) is 18.0 Å². The van der Waals surface area contributed by atoms with Gasteiger partial charge in [0.1, 0.15) is 12.1 Å². The number of nitrogens with one attached hydrogen (secondary N) is 2. The fourth-order valence-corrected chi connectivity index (χ4v) is 2.79. The van der Waals surface area contributed by atoms with E-state index < -0.39 is 6.04 Å². The van der Waals surface area contributed by atoms with Gasteiger partial charge in [-0.2, -0.15) is 0 Å². The van der Waals surface area contributed by atoms with Gasteiger partial charge in [0.25, 0.3) is 5.91 Å². The summed E-state index contributed by atoms with van der Waals surface area (Å²) in [5.41, 5.74) is 9.17. The molecule has 2 aromatic rings. The molecule has 2 atom stereocenters. The van der Waals surface area contributed by atoms with E-state index in [4.69, 9.17) is 10.5 Å². The summed E-state index contributed by atoms with van der Waals surface area (Å²) in [6.45, 7) is 2.61. The molecule has 0 aromatic heterocycles. The standard InChI is InChI=1S/C20H23N3O3.ClH/c1-13-4-6-14(7-5-13)18(21)20(25)23-16-10-8-15(9-11-16)22-19(24)17-3-2-12-26-17;/h4-11,17-18H,2-3,12,21H2,1H3,(H,22,24)(H,23,25);1H. The number of rotatable bonds is 5. The molecule has 1 aliphatic heterocycles. The molecule has 0 bridgehead atoms. The minimum absolute atomic E-state index is 0. The molecule has 2 amide bonds. The number of ether oxygens (including phenoxy) is 1. The van der Waals surface area contributed by atoms with Crippen LogP contribution < -0.4 is 16.4 Å². The highest BCUT2D eigenvalue weighted by atomic mass is 35.5. The van der Waals surface area contributed by atoms with Crippen LogP contribution in [0.5, 0.6) is 0 Å². The Bertz CT molecular complexity index is 772. The SMILES string of the molecule is Cc1ccc(C(N)C(=O)Nc2ccc(NC(=O)C3CCCO3)cc2)cc1.Cl. The summed E-state index contributed by atoms with van der Waals surface area (Å²) in [5.74, 6) is -0.425. The van der Waals surface area contributed by atoms with Crippen LogP contribution >= 0.6 is 12.4 Å². The maximum atomic E-state index is 12.3. The quantitative estimate of drug-likeness (QED) is 0.732. The van der Waals surface area contributed by atoms with E-state index in [2.05, 4.69) is 10.6 Å². The number of carbonyl (C=O) groups is 2. The first-order valence-corrected chi connectivity index (χ1v) is 8.68. The summed E-state index contributed by atoms with van der Waals surface area (Å²) in [6, 6.07) is 13.7. The van der Waals surface area contributed by atoms with Gasteiger partial charge in [-0.15, -0.1) is 12.4 Å². The lowest BCUT2D eigenvalue weighted by molar-refractivity contribution is -0.124. The molecule has 4 N–H and O–H groups in total. The fraction of sp³-hybridized carbons (Fsp3) is 0.300. The van der Waals surface area contributed by atoms with Crippen LogP contribution in [-0.2, 0) is 14.3 Å². The molecule has 1 aliphatic rings. The number of nitrogens with two attached hydrogens (primary N) is 1. The third-order valence-electron chi connectivity index (χ3n) is 4.36. The van der Waals surface area contributed by atoms with E-state index in [9.17, 15) is 9.59 Å². The van der Waals surface area contributed by atoms with Gasteiger partial charge in [-0.1, -0.05) is 29.8 Å². The molecule has 1 heterocycles. The summed E-state index contributed by atoms with van der Waals surface area (Å²) < 4.78 is 5.36. The molecule has 0 spiro atoms. The Hall–Kier alpha value is -2.41. The van der Waals surface area contributed by atoms with Crippen molar-refractivity contribution in [2.45, 2.75) is 31.9 Å². The first-order chi connectivity index (χ1) is 12.5. The number of anilines is 2. The minimum Gasteiger partial charge on any atom is -0.368 e. The molecule has 1 fully saturated rings. The van der Waals surface area contributed by atoms with E-state index in [0.29, 0.717) is 18.0 Å². The van der Waals surface area contributed by atoms with Crippen LogP contribution in [0.4, 0.5) is 11.4 Å². The van der Waals surface area contributed by atoms with Crippen molar-refractivity contribution in [2.24, 2.45) is 5.73 Å². The minimum atomic E-state index is -0.741. The van der Waals surface area contributed by atoms with Crippen molar-refractivity contribution < 1.29 is 14.3 Å². The molecular weight excluding hydrogens is 366 g/mol. The Labute approximate surface area is 164 Å². The van der Waals surface area contributed by atoms with Gasteiger partial charge in [-0.05, 0) is 49.6 Å². The molecule has 144 valence electrons. The number of hydrogen-bond donors (Lipinski definition) is 3. The molecule has 7 heteroatoms. The average molecular weight is 390 g/mol. The van der Waals surface area contributed by atoms with Crippen LogP contribution in [0.1, 0.15) is 30.0 Å². The maximum absolute atomic E-state index is 12.3. The van der Waals surface area contributed by atoms with Crippen molar-refractivity contribution in [1.29, 1.82) is 0 Å². The largest absolute Gasteiger partial charge is 0.368 e. The highest BCUT2D eigenvalue weighted by molar-refractivity contribution is 5.96. The van der Waals surface area contributed by atoms with E-state index in [1.165, 1.54) is 0 Å². The molecular formula is C20H24ClN3O3. The second-order valence-corrected chi connectivity index (χ2v) is 6.45. The summed E-state index contributed by atoms with van der Waals surface area (Å²) in [5, 5.41) is 5.61. The Balaban J connectivity index is 0.00000261. The normalized spacial score (nSPS) is 16.9. The lowest BCUT2D eigenvalue weighted by atomic mass is 10.1. The van der Waals surface area contributed by atoms with Crippen LogP contribution in [0, 0.1) is 6.92 Å². The first kappa shape index (κ1) is 20.9. The summed E-state index contributed by atoms with van der Waals surface area (Å²) in [7, 11) is 0. The Morgan fingerprint density at radius 2 is 1.63 bits per heavy atom. The van der Waals surface area contributed by atoms with Crippen LogP contribution in [0.25, 0.3) is 0 Å². The molecule has 3 rings (SSSR count). The molecule has 0 aliphatic carbocycles. The Kier molecular flexibility index (Phi) is 7.36. The van der Waals surface area contributed by atoms with Gasteiger partial charge < -0.3 is 21.1 Å². The number of hydrogen-bond acceptors (Lipinski definition) is 4.